The number of rotatable bonds is 2. The average Bonchev–Trinajstić information content (AvgIpc) is 2.66. The molecule has 120 valence electrons. The molecule has 1 aliphatic heterocycles. The van der Waals surface area contributed by atoms with E-state index in [2.05, 4.69) is 15.3 Å². The largest absolute Gasteiger partial charge is 0.505 e. The number of carbonyl (C=O) groups is 1. The van der Waals surface area contributed by atoms with Crippen molar-refractivity contribution in [3.63, 3.8) is 0 Å². The van der Waals surface area contributed by atoms with E-state index in [1.807, 2.05) is 0 Å². The van der Waals surface area contributed by atoms with E-state index < -0.39 is 21.8 Å². The fourth-order valence-electron chi connectivity index (χ4n) is 2.61. The van der Waals surface area contributed by atoms with Gasteiger partial charge >= 0.3 is 0 Å². The van der Waals surface area contributed by atoms with E-state index in [1.54, 1.807) is 24.3 Å². The molecular weight excluding hydrogens is 318 g/mol. The Hall–Kier alpha value is -2.48. The molecule has 0 aliphatic carbocycles. The minimum absolute atomic E-state index is 0.0616. The highest BCUT2D eigenvalue weighted by atomic mass is 32.2. The van der Waals surface area contributed by atoms with Crippen LogP contribution in [0.1, 0.15) is 35.1 Å². The van der Waals surface area contributed by atoms with Crippen LogP contribution in [0.25, 0.3) is 0 Å². The molecule has 2 N–H and O–H groups in total. The van der Waals surface area contributed by atoms with Gasteiger partial charge in [0.2, 0.25) is 5.82 Å². The van der Waals surface area contributed by atoms with Crippen LogP contribution in [0.15, 0.2) is 41.6 Å². The summed E-state index contributed by atoms with van der Waals surface area (Å²) in [6.45, 7) is 0. The number of hydrogen-bond acceptors (Lipinski definition) is 6. The Balaban J connectivity index is 1.91. The molecule has 0 radical (unpaired) electrons. The number of fused-ring (bicyclic) bond motifs is 1. The topological polar surface area (TPSA) is 109 Å². The van der Waals surface area contributed by atoms with Crippen molar-refractivity contribution >= 4 is 15.7 Å². The van der Waals surface area contributed by atoms with Crippen LogP contribution < -0.4 is 5.32 Å². The Labute approximate surface area is 133 Å². The second-order valence-electron chi connectivity index (χ2n) is 5.29. The highest BCUT2D eigenvalue weighted by molar-refractivity contribution is 7.91. The number of carbonyl (C=O) groups excluding carboxylic acids is 1. The van der Waals surface area contributed by atoms with Crippen LogP contribution in [0.2, 0.25) is 0 Å². The van der Waals surface area contributed by atoms with E-state index in [9.17, 15) is 13.2 Å². The van der Waals surface area contributed by atoms with Gasteiger partial charge in [0.15, 0.2) is 15.6 Å². The monoisotopic (exact) mass is 333 g/mol. The van der Waals surface area contributed by atoms with E-state index in [0.29, 0.717) is 18.4 Å². The normalized spacial score (nSPS) is 19.4. The summed E-state index contributed by atoms with van der Waals surface area (Å²) in [7, 11) is -3.33. The van der Waals surface area contributed by atoms with Crippen molar-refractivity contribution in [3.05, 3.63) is 48.0 Å². The number of aromatic hydroxyl groups is 1. The predicted octanol–water partition coefficient (Wildman–Crippen LogP) is 1.22. The van der Waals surface area contributed by atoms with Gasteiger partial charge in [-0.2, -0.15) is 0 Å². The Morgan fingerprint density at radius 2 is 1.91 bits per heavy atom. The van der Waals surface area contributed by atoms with Gasteiger partial charge in [0.1, 0.15) is 0 Å². The predicted molar refractivity (Wildman–Crippen MR) is 81.6 cm³/mol. The smallest absolute Gasteiger partial charge is 0.289 e. The summed E-state index contributed by atoms with van der Waals surface area (Å²) in [6, 6.07) is 6.26. The second kappa shape index (κ2) is 5.96. The maximum Gasteiger partial charge on any atom is 0.289 e. The van der Waals surface area contributed by atoms with E-state index in [1.165, 1.54) is 0 Å². The number of sulfone groups is 1. The third-order valence-corrected chi connectivity index (χ3v) is 5.55. The number of aromatic nitrogens is 2. The highest BCUT2D eigenvalue weighted by Gasteiger charge is 2.28. The second-order valence-corrected chi connectivity index (χ2v) is 7.37. The van der Waals surface area contributed by atoms with Gasteiger partial charge in [-0.05, 0) is 24.5 Å². The maximum atomic E-state index is 12.3. The first-order valence-electron chi connectivity index (χ1n) is 7.11. The lowest BCUT2D eigenvalue weighted by atomic mass is 10.0. The van der Waals surface area contributed by atoms with Gasteiger partial charge in [0.05, 0.1) is 29.1 Å². The molecule has 0 fully saturated rings. The van der Waals surface area contributed by atoms with Crippen LogP contribution in [-0.4, -0.2) is 35.2 Å². The number of amides is 1. The van der Waals surface area contributed by atoms with Gasteiger partial charge in [-0.15, -0.1) is 0 Å². The Bertz CT molecular complexity index is 834. The minimum atomic E-state index is -3.33. The molecule has 23 heavy (non-hydrogen) atoms. The zero-order valence-electron chi connectivity index (χ0n) is 12.1. The van der Waals surface area contributed by atoms with Crippen LogP contribution in [0.5, 0.6) is 5.75 Å². The van der Waals surface area contributed by atoms with Crippen molar-refractivity contribution in [1.29, 1.82) is 0 Å². The Kier molecular flexibility index (Phi) is 3.99. The lowest BCUT2D eigenvalue weighted by molar-refractivity contribution is 0.0923. The van der Waals surface area contributed by atoms with Gasteiger partial charge in [-0.25, -0.2) is 18.4 Å². The molecule has 7 nitrogen and oxygen atoms in total. The molecule has 0 saturated heterocycles. The summed E-state index contributed by atoms with van der Waals surface area (Å²) in [4.78, 5) is 20.0. The third kappa shape index (κ3) is 3.16. The van der Waals surface area contributed by atoms with Crippen molar-refractivity contribution in [3.8, 4) is 5.75 Å². The molecule has 1 aromatic heterocycles. The molecule has 1 aromatic carbocycles. The van der Waals surface area contributed by atoms with Gasteiger partial charge in [-0.3, -0.25) is 4.79 Å². The molecule has 1 aliphatic rings. The third-order valence-electron chi connectivity index (χ3n) is 3.68. The molecule has 0 bridgehead atoms. The lowest BCUT2D eigenvalue weighted by Gasteiger charge is -2.18. The van der Waals surface area contributed by atoms with Crippen LogP contribution in [0, 0.1) is 0 Å². The van der Waals surface area contributed by atoms with Crippen LogP contribution in [0.4, 0.5) is 0 Å². The molecule has 0 saturated carbocycles. The summed E-state index contributed by atoms with van der Waals surface area (Å²) >= 11 is 0. The van der Waals surface area contributed by atoms with Gasteiger partial charge in [-0.1, -0.05) is 18.2 Å². The molecule has 0 spiro atoms. The van der Waals surface area contributed by atoms with Crippen molar-refractivity contribution in [1.82, 2.24) is 15.3 Å². The van der Waals surface area contributed by atoms with Gasteiger partial charge in [0, 0.05) is 0 Å². The molecular formula is C15H15N3O4S. The van der Waals surface area contributed by atoms with Gasteiger partial charge < -0.3 is 10.4 Å². The fraction of sp³-hybridized carbons (Fsp3) is 0.267. The molecule has 1 unspecified atom stereocenters. The number of nitrogens with one attached hydrogen (secondary N) is 1. The fourth-order valence-corrected chi connectivity index (χ4v) is 4.23. The zero-order valence-corrected chi connectivity index (χ0v) is 13.0. The lowest BCUT2D eigenvalue weighted by Crippen LogP contribution is -2.30. The first-order chi connectivity index (χ1) is 11.0. The number of benzene rings is 1. The van der Waals surface area contributed by atoms with Crippen molar-refractivity contribution in [2.24, 2.45) is 0 Å². The summed E-state index contributed by atoms with van der Waals surface area (Å²) in [5, 5.41) is 11.9. The number of hydrogen-bond donors (Lipinski definition) is 2. The standard InChI is InChI=1S/C15H15N3O4S/c19-10-8-16-14(17-9-10)15(20)18-12-5-3-7-23(21,22)13-6-2-1-4-11(12)13/h1-2,4,6,8-9,12,19H,3,5,7H2,(H,18,20). The van der Waals surface area contributed by atoms with E-state index in [4.69, 9.17) is 5.11 Å². The SMILES string of the molecule is O=C(NC1CCCS(=O)(=O)c2ccccc21)c1ncc(O)cn1. The molecule has 2 heterocycles. The Morgan fingerprint density at radius 1 is 1.22 bits per heavy atom. The summed E-state index contributed by atoms with van der Waals surface area (Å²) < 4.78 is 24.5. The maximum absolute atomic E-state index is 12.3. The quantitative estimate of drug-likeness (QED) is 0.855. The van der Waals surface area contributed by atoms with Crippen LogP contribution in [0.3, 0.4) is 0 Å². The van der Waals surface area contributed by atoms with Gasteiger partial charge in [0.25, 0.3) is 5.91 Å². The first kappa shape index (κ1) is 15.4. The van der Waals surface area contributed by atoms with E-state index in [-0.39, 0.29) is 22.2 Å². The zero-order chi connectivity index (χ0) is 16.4. The molecule has 8 heteroatoms. The van der Waals surface area contributed by atoms with Crippen molar-refractivity contribution in [2.75, 3.05) is 5.75 Å². The summed E-state index contributed by atoms with van der Waals surface area (Å²) in [5.41, 5.74) is 0.581. The van der Waals surface area contributed by atoms with Crippen LogP contribution >= 0.6 is 0 Å². The van der Waals surface area contributed by atoms with Crippen molar-refractivity contribution in [2.45, 2.75) is 23.8 Å². The first-order valence-corrected chi connectivity index (χ1v) is 8.76. The van der Waals surface area contributed by atoms with E-state index in [0.717, 1.165) is 12.4 Å². The average molecular weight is 333 g/mol. The molecule has 1 atom stereocenters. The Morgan fingerprint density at radius 3 is 2.65 bits per heavy atom. The minimum Gasteiger partial charge on any atom is -0.505 e. The number of nitrogens with zero attached hydrogens (tertiary/aromatic N) is 2. The summed E-state index contributed by atoms with van der Waals surface area (Å²) in [6.07, 6.45) is 3.24. The summed E-state index contributed by atoms with van der Waals surface area (Å²) in [5.74, 6) is -0.657. The molecule has 2 aromatic rings. The van der Waals surface area contributed by atoms with Crippen molar-refractivity contribution < 1.29 is 18.3 Å². The highest BCUT2D eigenvalue weighted by Crippen LogP contribution is 2.31. The molecule has 3 rings (SSSR count). The van der Waals surface area contributed by atoms with E-state index >= 15 is 0 Å². The van der Waals surface area contributed by atoms with Crippen LogP contribution in [-0.2, 0) is 9.84 Å². The molecule has 1 amide bonds.